The largest absolute Gasteiger partial charge is 0.477 e. The molecule has 1 aliphatic rings. The molecular weight excluding hydrogens is 375 g/mol. The Morgan fingerprint density at radius 3 is 2.47 bits per heavy atom. The van der Waals surface area contributed by atoms with Crippen molar-refractivity contribution in [2.75, 3.05) is 6.61 Å². The molecule has 0 N–H and O–H groups in total. The Labute approximate surface area is 181 Å². The van der Waals surface area contributed by atoms with E-state index < -0.39 is 0 Å². The quantitative estimate of drug-likeness (QED) is 0.361. The lowest BCUT2D eigenvalue weighted by molar-refractivity contribution is 0.277. The van der Waals surface area contributed by atoms with Crippen molar-refractivity contribution in [3.8, 4) is 17.1 Å². The average molecular weight is 413 g/mol. The lowest BCUT2D eigenvalue weighted by Gasteiger charge is -2.26. The van der Waals surface area contributed by atoms with Crippen molar-refractivity contribution in [1.29, 1.82) is 0 Å². The zero-order valence-corrected chi connectivity index (χ0v) is 18.7. The number of hydrogen-bond acceptors (Lipinski definition) is 3. The number of unbranched alkanes of at least 4 members (excludes halogenated alkanes) is 4. The number of halogens is 1. The molecule has 1 aliphatic carbocycles. The van der Waals surface area contributed by atoms with Crippen molar-refractivity contribution in [1.82, 2.24) is 10.2 Å². The molecule has 3 nitrogen and oxygen atoms in total. The Kier molecular flexibility index (Phi) is 9.10. The minimum Gasteiger partial charge on any atom is -0.477 e. The minimum absolute atomic E-state index is 0.133. The average Bonchev–Trinajstić information content (AvgIpc) is 2.77. The van der Waals surface area contributed by atoms with Gasteiger partial charge in [-0.05, 0) is 48.8 Å². The van der Waals surface area contributed by atoms with Crippen LogP contribution in [0, 0.1) is 17.7 Å². The van der Waals surface area contributed by atoms with E-state index in [1.807, 2.05) is 24.3 Å². The first-order valence-electron chi connectivity index (χ1n) is 11.9. The molecule has 3 rings (SSSR count). The maximum atomic E-state index is 14.7. The number of rotatable bonds is 11. The van der Waals surface area contributed by atoms with E-state index in [9.17, 15) is 4.39 Å². The zero-order chi connectivity index (χ0) is 21.2. The first-order valence-corrected chi connectivity index (χ1v) is 11.9. The first kappa shape index (κ1) is 22.7. The minimum atomic E-state index is -0.133. The van der Waals surface area contributed by atoms with E-state index in [2.05, 4.69) is 24.0 Å². The van der Waals surface area contributed by atoms with Crippen molar-refractivity contribution >= 4 is 0 Å². The van der Waals surface area contributed by atoms with Gasteiger partial charge in [0.25, 0.3) is 0 Å². The van der Waals surface area contributed by atoms with Gasteiger partial charge in [0.2, 0.25) is 5.88 Å². The third-order valence-electron chi connectivity index (χ3n) is 6.44. The maximum Gasteiger partial charge on any atom is 0.233 e. The molecule has 1 saturated carbocycles. The van der Waals surface area contributed by atoms with Crippen LogP contribution in [0.25, 0.3) is 11.3 Å². The van der Waals surface area contributed by atoms with Gasteiger partial charge in [-0.2, -0.15) is 0 Å². The summed E-state index contributed by atoms with van der Waals surface area (Å²) in [5.74, 6) is 2.02. The number of ether oxygens (including phenoxy) is 1. The third-order valence-corrected chi connectivity index (χ3v) is 6.44. The zero-order valence-electron chi connectivity index (χ0n) is 18.7. The summed E-state index contributed by atoms with van der Waals surface area (Å²) in [6.07, 6.45) is 13.2. The molecular formula is C26H37FN2O. The topological polar surface area (TPSA) is 35.0 Å². The molecule has 0 amide bonds. The Bertz CT molecular complexity index is 754. The van der Waals surface area contributed by atoms with Crippen LogP contribution >= 0.6 is 0 Å². The van der Waals surface area contributed by atoms with Crippen LogP contribution in [0.3, 0.4) is 0 Å². The Balaban J connectivity index is 1.48. The van der Waals surface area contributed by atoms with Crippen molar-refractivity contribution in [3.05, 3.63) is 41.7 Å². The van der Waals surface area contributed by atoms with Crippen LogP contribution in [0.5, 0.6) is 5.88 Å². The Morgan fingerprint density at radius 1 is 0.967 bits per heavy atom. The van der Waals surface area contributed by atoms with Gasteiger partial charge in [-0.1, -0.05) is 77.3 Å². The van der Waals surface area contributed by atoms with Gasteiger partial charge in [-0.3, -0.25) is 0 Å². The van der Waals surface area contributed by atoms with Crippen LogP contribution in [0.2, 0.25) is 0 Å². The number of aryl methyl sites for hydroxylation is 1. The van der Waals surface area contributed by atoms with Crippen molar-refractivity contribution in [2.45, 2.75) is 84.5 Å². The standard InChI is InChI=1S/C26H37FN2O/c1-3-4-5-6-7-18-30-26-17-16-25(28-29-26)23-15-14-22(24(27)19-23)13-12-21-10-8-20(2)9-11-21/h14-17,19-21H,3-13,18H2,1-2H3. The fourth-order valence-corrected chi connectivity index (χ4v) is 4.32. The normalized spacial score (nSPS) is 19.0. The second kappa shape index (κ2) is 12.0. The van der Waals surface area contributed by atoms with Gasteiger partial charge in [0.15, 0.2) is 0 Å². The monoisotopic (exact) mass is 412 g/mol. The van der Waals surface area contributed by atoms with Gasteiger partial charge in [0.1, 0.15) is 5.82 Å². The molecule has 1 aromatic heterocycles. The van der Waals surface area contributed by atoms with E-state index in [-0.39, 0.29) is 5.82 Å². The molecule has 0 saturated heterocycles. The Hall–Kier alpha value is -1.97. The summed E-state index contributed by atoms with van der Waals surface area (Å²) in [4.78, 5) is 0. The molecule has 1 heterocycles. The van der Waals surface area contributed by atoms with Gasteiger partial charge in [-0.15, -0.1) is 10.2 Å². The van der Waals surface area contributed by atoms with E-state index in [4.69, 9.17) is 4.74 Å². The summed E-state index contributed by atoms with van der Waals surface area (Å²) in [6.45, 7) is 5.22. The molecule has 0 spiro atoms. The second-order valence-corrected chi connectivity index (χ2v) is 8.99. The molecule has 1 fully saturated rings. The van der Waals surface area contributed by atoms with Crippen molar-refractivity contribution in [3.63, 3.8) is 0 Å². The lowest BCUT2D eigenvalue weighted by Crippen LogP contribution is -2.13. The van der Waals surface area contributed by atoms with E-state index in [0.29, 0.717) is 18.2 Å². The highest BCUT2D eigenvalue weighted by Crippen LogP contribution is 2.31. The van der Waals surface area contributed by atoms with E-state index >= 15 is 0 Å². The van der Waals surface area contributed by atoms with Crippen LogP contribution in [0.15, 0.2) is 30.3 Å². The smallest absolute Gasteiger partial charge is 0.233 e. The highest BCUT2D eigenvalue weighted by molar-refractivity contribution is 5.59. The summed E-state index contributed by atoms with van der Waals surface area (Å²) in [6, 6.07) is 9.15. The molecule has 0 aliphatic heterocycles. The molecule has 164 valence electrons. The summed E-state index contributed by atoms with van der Waals surface area (Å²) in [5, 5.41) is 8.38. The molecule has 0 radical (unpaired) electrons. The predicted molar refractivity (Wildman–Crippen MR) is 121 cm³/mol. The summed E-state index contributed by atoms with van der Waals surface area (Å²) >= 11 is 0. The highest BCUT2D eigenvalue weighted by atomic mass is 19.1. The van der Waals surface area contributed by atoms with Gasteiger partial charge >= 0.3 is 0 Å². The number of aromatic nitrogens is 2. The second-order valence-electron chi connectivity index (χ2n) is 8.99. The van der Waals surface area contributed by atoms with Gasteiger partial charge in [-0.25, -0.2) is 4.39 Å². The Morgan fingerprint density at radius 2 is 1.77 bits per heavy atom. The maximum absolute atomic E-state index is 14.7. The molecule has 1 aromatic carbocycles. The van der Waals surface area contributed by atoms with E-state index in [1.165, 1.54) is 51.4 Å². The van der Waals surface area contributed by atoms with Crippen LogP contribution in [-0.4, -0.2) is 16.8 Å². The molecule has 2 aromatic rings. The van der Waals surface area contributed by atoms with Gasteiger partial charge in [0, 0.05) is 11.6 Å². The molecule has 0 bridgehead atoms. The van der Waals surface area contributed by atoms with E-state index in [0.717, 1.165) is 42.2 Å². The third kappa shape index (κ3) is 7.07. The first-order chi connectivity index (χ1) is 14.7. The summed E-state index contributed by atoms with van der Waals surface area (Å²) < 4.78 is 20.3. The number of hydrogen-bond donors (Lipinski definition) is 0. The molecule has 0 atom stereocenters. The van der Waals surface area contributed by atoms with Crippen LogP contribution < -0.4 is 4.74 Å². The van der Waals surface area contributed by atoms with Gasteiger partial charge in [0.05, 0.1) is 12.3 Å². The fraction of sp³-hybridized carbons (Fsp3) is 0.615. The number of nitrogens with zero attached hydrogens (tertiary/aromatic N) is 2. The number of benzene rings is 1. The van der Waals surface area contributed by atoms with Crippen LogP contribution in [0.1, 0.15) is 83.6 Å². The fourth-order valence-electron chi connectivity index (χ4n) is 4.32. The molecule has 30 heavy (non-hydrogen) atoms. The van der Waals surface area contributed by atoms with Crippen LogP contribution in [0.4, 0.5) is 4.39 Å². The predicted octanol–water partition coefficient (Wildman–Crippen LogP) is 7.39. The van der Waals surface area contributed by atoms with Crippen molar-refractivity contribution < 1.29 is 9.13 Å². The molecule has 0 unspecified atom stereocenters. The summed E-state index contributed by atoms with van der Waals surface area (Å²) in [5.41, 5.74) is 2.26. The molecule has 4 heteroatoms. The lowest BCUT2D eigenvalue weighted by atomic mass is 9.80. The summed E-state index contributed by atoms with van der Waals surface area (Å²) in [7, 11) is 0. The van der Waals surface area contributed by atoms with Crippen LogP contribution in [-0.2, 0) is 6.42 Å². The van der Waals surface area contributed by atoms with Gasteiger partial charge < -0.3 is 4.74 Å². The highest BCUT2D eigenvalue weighted by Gasteiger charge is 2.18. The van der Waals surface area contributed by atoms with Crippen molar-refractivity contribution in [2.24, 2.45) is 11.8 Å². The van der Waals surface area contributed by atoms with E-state index in [1.54, 1.807) is 6.07 Å². The SMILES string of the molecule is CCCCCCCOc1ccc(-c2ccc(CCC3CCC(C)CC3)c(F)c2)nn1.